The van der Waals surface area contributed by atoms with Crippen LogP contribution in [0.25, 0.3) is 12.2 Å². The van der Waals surface area contributed by atoms with E-state index in [1.807, 2.05) is 36.5 Å². The fourth-order valence-electron chi connectivity index (χ4n) is 3.17. The van der Waals surface area contributed by atoms with Crippen LogP contribution in [0.3, 0.4) is 0 Å². The minimum Gasteiger partial charge on any atom is -0.504 e. The predicted octanol–water partition coefficient (Wildman–Crippen LogP) is 5.06. The van der Waals surface area contributed by atoms with E-state index in [1.165, 1.54) is 14.2 Å². The Bertz CT molecular complexity index is 974. The monoisotopic (exact) mass is 404 g/mol. The summed E-state index contributed by atoms with van der Waals surface area (Å²) >= 11 is 0. The van der Waals surface area contributed by atoms with Gasteiger partial charge in [0.15, 0.2) is 28.8 Å². The number of carbonyl (C=O) groups excluding carboxylic acids is 1. The van der Waals surface area contributed by atoms with Gasteiger partial charge in [-0.25, -0.2) is 0 Å². The predicted molar refractivity (Wildman–Crippen MR) is 118 cm³/mol. The summed E-state index contributed by atoms with van der Waals surface area (Å²) in [6.45, 7) is 0. The molecule has 0 amide bonds. The second-order valence-electron chi connectivity index (χ2n) is 6.79. The molecule has 0 spiro atoms. The van der Waals surface area contributed by atoms with E-state index in [0.717, 1.165) is 22.3 Å². The van der Waals surface area contributed by atoms with Crippen molar-refractivity contribution in [3.8, 4) is 23.0 Å². The average molecular weight is 404 g/mol. The summed E-state index contributed by atoms with van der Waals surface area (Å²) in [5, 5.41) is 19.3. The lowest BCUT2D eigenvalue weighted by atomic mass is 10.1. The number of hydrogen-bond donors (Lipinski definition) is 2. The maximum atomic E-state index is 12.6. The Balaban J connectivity index is 1.66. The third-order valence-electron chi connectivity index (χ3n) is 4.83. The van der Waals surface area contributed by atoms with Gasteiger partial charge in [0.2, 0.25) is 0 Å². The quantitative estimate of drug-likeness (QED) is 0.659. The summed E-state index contributed by atoms with van der Waals surface area (Å²) in [5.74, 6) is 1.05. The van der Waals surface area contributed by atoms with Crippen molar-refractivity contribution >= 4 is 17.9 Å². The molecular weight excluding hydrogens is 380 g/mol. The molecule has 0 saturated heterocycles. The van der Waals surface area contributed by atoms with Crippen LogP contribution in [0.2, 0.25) is 0 Å². The van der Waals surface area contributed by atoms with E-state index >= 15 is 0 Å². The molecule has 2 aromatic rings. The van der Waals surface area contributed by atoms with Crippen molar-refractivity contribution in [2.75, 3.05) is 14.2 Å². The Morgan fingerprint density at radius 1 is 0.767 bits per heavy atom. The van der Waals surface area contributed by atoms with Crippen molar-refractivity contribution in [1.29, 1.82) is 0 Å². The van der Waals surface area contributed by atoms with Gasteiger partial charge in [-0.2, -0.15) is 0 Å². The lowest BCUT2D eigenvalue weighted by molar-refractivity contribution is -0.111. The van der Waals surface area contributed by atoms with E-state index in [1.54, 1.807) is 36.4 Å². The molecule has 1 aliphatic rings. The number of Topliss-reactive ketones (excluding diaryl/α,β-unsaturated/α-hetero) is 1. The zero-order valence-electron chi connectivity index (χ0n) is 17.0. The van der Waals surface area contributed by atoms with Gasteiger partial charge >= 0.3 is 0 Å². The molecule has 0 heterocycles. The molecule has 154 valence electrons. The molecule has 3 rings (SSSR count). The van der Waals surface area contributed by atoms with Crippen LogP contribution in [-0.4, -0.2) is 30.2 Å². The Morgan fingerprint density at radius 2 is 1.20 bits per heavy atom. The molecule has 0 radical (unpaired) electrons. The van der Waals surface area contributed by atoms with Crippen LogP contribution in [0.5, 0.6) is 23.0 Å². The largest absolute Gasteiger partial charge is 0.504 e. The number of ketones is 1. The number of aromatic hydroxyl groups is 2. The number of ether oxygens (including phenoxy) is 2. The summed E-state index contributed by atoms with van der Waals surface area (Å²) in [6, 6.07) is 10.2. The minimum atomic E-state index is 0.0517. The molecule has 2 N–H and O–H groups in total. The number of allylic oxidation sites excluding steroid dienone is 6. The van der Waals surface area contributed by atoms with Crippen LogP contribution in [0, 0.1) is 0 Å². The number of phenols is 2. The molecule has 0 atom stereocenters. The first-order valence-electron chi connectivity index (χ1n) is 9.55. The first-order chi connectivity index (χ1) is 14.5. The molecule has 5 heteroatoms. The highest BCUT2D eigenvalue weighted by molar-refractivity contribution is 6.11. The van der Waals surface area contributed by atoms with Crippen LogP contribution in [0.1, 0.15) is 24.0 Å². The third kappa shape index (κ3) is 5.00. The number of benzene rings is 2. The highest BCUT2D eigenvalue weighted by atomic mass is 16.5. The van der Waals surface area contributed by atoms with Gasteiger partial charge < -0.3 is 19.7 Å². The summed E-state index contributed by atoms with van der Waals surface area (Å²) in [7, 11) is 3.00. The topological polar surface area (TPSA) is 76.0 Å². The first kappa shape index (κ1) is 21.0. The molecule has 2 aromatic carbocycles. The van der Waals surface area contributed by atoms with Crippen molar-refractivity contribution in [3.05, 3.63) is 83.0 Å². The highest BCUT2D eigenvalue weighted by Crippen LogP contribution is 2.29. The molecule has 5 nitrogen and oxygen atoms in total. The van der Waals surface area contributed by atoms with Gasteiger partial charge in [-0.05, 0) is 48.2 Å². The van der Waals surface area contributed by atoms with E-state index in [2.05, 4.69) is 0 Å². The molecule has 1 aliphatic carbocycles. The standard InChI is InChI=1S/C25H24O5/c1-29-23-15-17(9-13-21(23)26)5-3-7-19-11-12-20(25(19)28)8-4-6-18-10-14-22(27)24(16-18)30-2/h3-10,13-16,26-27H,11-12H2,1-2H3/b5-3-,6-4-,19-7-,20-8+. The van der Waals surface area contributed by atoms with E-state index < -0.39 is 0 Å². The van der Waals surface area contributed by atoms with Crippen LogP contribution in [0.15, 0.2) is 71.8 Å². The zero-order chi connectivity index (χ0) is 21.5. The maximum absolute atomic E-state index is 12.6. The van der Waals surface area contributed by atoms with Gasteiger partial charge in [0.25, 0.3) is 0 Å². The fraction of sp³-hybridized carbons (Fsp3) is 0.160. The smallest absolute Gasteiger partial charge is 0.185 e. The van der Waals surface area contributed by atoms with Crippen LogP contribution in [-0.2, 0) is 4.79 Å². The van der Waals surface area contributed by atoms with Crippen molar-refractivity contribution < 1.29 is 24.5 Å². The Labute approximate surface area is 175 Å². The van der Waals surface area contributed by atoms with Crippen molar-refractivity contribution in [2.45, 2.75) is 12.8 Å². The number of methoxy groups -OCH3 is 2. The Morgan fingerprint density at radius 3 is 1.60 bits per heavy atom. The normalized spacial score (nSPS) is 16.9. The number of rotatable bonds is 6. The summed E-state index contributed by atoms with van der Waals surface area (Å²) in [5.41, 5.74) is 3.27. The van der Waals surface area contributed by atoms with Crippen molar-refractivity contribution in [3.63, 3.8) is 0 Å². The molecule has 0 aliphatic heterocycles. The maximum Gasteiger partial charge on any atom is 0.185 e. The summed E-state index contributed by atoms with van der Waals surface area (Å²) in [6.07, 6.45) is 12.5. The molecule has 1 saturated carbocycles. The fourth-order valence-corrected chi connectivity index (χ4v) is 3.17. The average Bonchev–Trinajstić information content (AvgIpc) is 3.10. The van der Waals surface area contributed by atoms with Gasteiger partial charge in [-0.3, -0.25) is 4.79 Å². The molecule has 1 fully saturated rings. The van der Waals surface area contributed by atoms with Crippen LogP contribution < -0.4 is 9.47 Å². The van der Waals surface area contributed by atoms with Gasteiger partial charge in [0, 0.05) is 11.1 Å². The van der Waals surface area contributed by atoms with E-state index in [0.29, 0.717) is 24.3 Å². The van der Waals surface area contributed by atoms with E-state index in [4.69, 9.17) is 9.47 Å². The number of phenolic OH excluding ortho intramolecular Hbond substituents is 2. The zero-order valence-corrected chi connectivity index (χ0v) is 17.0. The summed E-state index contributed by atoms with van der Waals surface area (Å²) in [4.78, 5) is 12.6. The lowest BCUT2D eigenvalue weighted by Crippen LogP contribution is -1.94. The van der Waals surface area contributed by atoms with Crippen molar-refractivity contribution in [1.82, 2.24) is 0 Å². The minimum absolute atomic E-state index is 0.0517. The molecule has 0 unspecified atom stereocenters. The number of carbonyl (C=O) groups is 1. The van der Waals surface area contributed by atoms with E-state index in [-0.39, 0.29) is 17.3 Å². The molecule has 0 aromatic heterocycles. The van der Waals surface area contributed by atoms with Gasteiger partial charge in [0.1, 0.15) is 0 Å². The van der Waals surface area contributed by atoms with Gasteiger partial charge in [-0.1, -0.05) is 48.6 Å². The van der Waals surface area contributed by atoms with Gasteiger partial charge in [-0.15, -0.1) is 0 Å². The first-order valence-corrected chi connectivity index (χ1v) is 9.55. The third-order valence-corrected chi connectivity index (χ3v) is 4.83. The lowest BCUT2D eigenvalue weighted by Gasteiger charge is -2.03. The summed E-state index contributed by atoms with van der Waals surface area (Å²) < 4.78 is 10.2. The molecule has 0 bridgehead atoms. The molecular formula is C25H24O5. The second-order valence-corrected chi connectivity index (χ2v) is 6.79. The van der Waals surface area contributed by atoms with Crippen LogP contribution >= 0.6 is 0 Å². The second kappa shape index (κ2) is 9.65. The highest BCUT2D eigenvalue weighted by Gasteiger charge is 2.21. The van der Waals surface area contributed by atoms with E-state index in [9.17, 15) is 15.0 Å². The SMILES string of the molecule is COc1cc(/C=C\C=C2\CC/C(=C\C=C/c3ccc(O)c(OC)c3)C2=O)ccc1O. The molecule has 30 heavy (non-hydrogen) atoms. The van der Waals surface area contributed by atoms with Gasteiger partial charge in [0.05, 0.1) is 14.2 Å². The number of hydrogen-bond acceptors (Lipinski definition) is 5. The van der Waals surface area contributed by atoms with Crippen molar-refractivity contribution in [2.24, 2.45) is 0 Å². The Hall–Kier alpha value is -3.73. The Kier molecular flexibility index (Phi) is 6.75. The van der Waals surface area contributed by atoms with Crippen LogP contribution in [0.4, 0.5) is 0 Å².